The molecule has 0 saturated carbocycles. The lowest BCUT2D eigenvalue weighted by atomic mass is 9.97. The Hall–Kier alpha value is -3.26. The molecule has 0 bridgehead atoms. The zero-order chi connectivity index (χ0) is 25.8. The first-order valence-electron chi connectivity index (χ1n) is 13.2. The smallest absolute Gasteiger partial charge is 0.265 e. The molecule has 5 rings (SSSR count). The van der Waals surface area contributed by atoms with Crippen LogP contribution in [-0.4, -0.2) is 64.3 Å². The first kappa shape index (κ1) is 25.4. The van der Waals surface area contributed by atoms with Crippen LogP contribution in [0.4, 0.5) is 5.82 Å². The molecular formula is C29H35N5O2S. The maximum atomic E-state index is 13.6. The molecule has 3 aromatic rings. The molecule has 0 spiro atoms. The molecule has 1 aliphatic heterocycles. The Bertz CT molecular complexity index is 1300. The van der Waals surface area contributed by atoms with Gasteiger partial charge in [-0.15, -0.1) is 11.3 Å². The predicted molar refractivity (Wildman–Crippen MR) is 149 cm³/mol. The molecule has 2 aliphatic rings. The minimum atomic E-state index is 0.0237. The maximum Gasteiger partial charge on any atom is 0.265 e. The Kier molecular flexibility index (Phi) is 7.84. The van der Waals surface area contributed by atoms with Gasteiger partial charge in [0.25, 0.3) is 5.91 Å². The van der Waals surface area contributed by atoms with Gasteiger partial charge in [0.2, 0.25) is 5.91 Å². The van der Waals surface area contributed by atoms with Crippen LogP contribution in [0.5, 0.6) is 0 Å². The highest BCUT2D eigenvalue weighted by atomic mass is 32.1. The molecule has 1 fully saturated rings. The number of carbonyl (C=O) groups excluding carboxylic acids is 2. The van der Waals surface area contributed by atoms with Gasteiger partial charge in [-0.25, -0.2) is 4.98 Å². The molecule has 0 N–H and O–H groups in total. The van der Waals surface area contributed by atoms with E-state index in [1.807, 2.05) is 9.80 Å². The van der Waals surface area contributed by atoms with Crippen LogP contribution in [0, 0.1) is 6.92 Å². The third-order valence-corrected chi connectivity index (χ3v) is 8.19. The molecule has 0 unspecified atom stereocenters. The van der Waals surface area contributed by atoms with Crippen LogP contribution >= 0.6 is 11.3 Å². The van der Waals surface area contributed by atoms with Crippen LogP contribution < -0.4 is 4.90 Å². The normalized spacial score (nSPS) is 16.1. The zero-order valence-corrected chi connectivity index (χ0v) is 22.6. The highest BCUT2D eigenvalue weighted by Crippen LogP contribution is 2.28. The van der Waals surface area contributed by atoms with Crippen LogP contribution in [0.25, 0.3) is 10.9 Å². The van der Waals surface area contributed by atoms with Crippen molar-refractivity contribution in [1.29, 1.82) is 0 Å². The summed E-state index contributed by atoms with van der Waals surface area (Å²) >= 11 is 1.39. The van der Waals surface area contributed by atoms with Crippen molar-refractivity contribution in [3.63, 3.8) is 0 Å². The van der Waals surface area contributed by atoms with Crippen molar-refractivity contribution >= 4 is 39.9 Å². The minimum Gasteiger partial charge on any atom is -0.353 e. The van der Waals surface area contributed by atoms with Crippen molar-refractivity contribution in [2.75, 3.05) is 37.6 Å². The van der Waals surface area contributed by atoms with Gasteiger partial charge < -0.3 is 14.7 Å². The number of pyridine rings is 1. The molecule has 7 nitrogen and oxygen atoms in total. The number of amides is 2. The maximum absolute atomic E-state index is 13.6. The Morgan fingerprint density at radius 2 is 1.95 bits per heavy atom. The van der Waals surface area contributed by atoms with Gasteiger partial charge in [0.1, 0.15) is 10.7 Å². The Balaban J connectivity index is 1.47. The summed E-state index contributed by atoms with van der Waals surface area (Å²) in [5, 5.41) is 1.08. The number of aromatic nitrogens is 2. The van der Waals surface area contributed by atoms with E-state index in [4.69, 9.17) is 4.98 Å². The van der Waals surface area contributed by atoms with Gasteiger partial charge in [0.05, 0.1) is 17.2 Å². The number of hydrogen-bond acceptors (Lipinski definition) is 6. The Labute approximate surface area is 222 Å². The van der Waals surface area contributed by atoms with Gasteiger partial charge in [0.15, 0.2) is 0 Å². The summed E-state index contributed by atoms with van der Waals surface area (Å²) in [5.74, 6) is 1.05. The molecule has 1 saturated heterocycles. The summed E-state index contributed by atoms with van der Waals surface area (Å²) < 4.78 is 0. The fraction of sp³-hybridized carbons (Fsp3) is 0.448. The first-order valence-corrected chi connectivity index (χ1v) is 14.1. The van der Waals surface area contributed by atoms with E-state index >= 15 is 0 Å². The summed E-state index contributed by atoms with van der Waals surface area (Å²) in [7, 11) is 0. The summed E-state index contributed by atoms with van der Waals surface area (Å²) in [6.07, 6.45) is 9.70. The third kappa shape index (κ3) is 6.01. The van der Waals surface area contributed by atoms with E-state index in [1.54, 1.807) is 18.6 Å². The number of nitrogens with zero attached hydrogens (tertiary/aromatic N) is 5. The summed E-state index contributed by atoms with van der Waals surface area (Å²) in [6.45, 7) is 7.70. The van der Waals surface area contributed by atoms with Crippen molar-refractivity contribution in [2.24, 2.45) is 0 Å². The standard InChI is InChI=1S/C29H35N5O2S/c1-21-8-9-26-24(16-21)17-25(28(31-26)33-14-12-32(13-15-33)22(2)35)19-34(29(36)27-18-30-20-37-27)11-10-23-6-4-3-5-7-23/h6,8-9,16-18,20H,3-5,7,10-15,19H2,1-2H3. The van der Waals surface area contributed by atoms with Crippen molar-refractivity contribution in [2.45, 2.75) is 52.5 Å². The lowest BCUT2D eigenvalue weighted by molar-refractivity contribution is -0.129. The first-order chi connectivity index (χ1) is 18.0. The highest BCUT2D eigenvalue weighted by molar-refractivity contribution is 7.11. The second kappa shape index (κ2) is 11.4. The second-order valence-corrected chi connectivity index (χ2v) is 11.0. The SMILES string of the molecule is CC(=O)N1CCN(c2nc3ccc(C)cc3cc2CN(CCC2=CCCCC2)C(=O)c2cncs2)CC1. The average Bonchev–Trinajstić information content (AvgIpc) is 3.46. The van der Waals surface area contributed by atoms with Gasteiger partial charge in [0, 0.05) is 57.1 Å². The minimum absolute atomic E-state index is 0.0237. The third-order valence-electron chi connectivity index (χ3n) is 7.43. The molecule has 3 heterocycles. The number of piperazine rings is 1. The number of thiazole rings is 1. The van der Waals surface area contributed by atoms with Crippen LogP contribution in [0.1, 0.15) is 59.8 Å². The molecule has 0 radical (unpaired) electrons. The predicted octanol–water partition coefficient (Wildman–Crippen LogP) is 5.20. The van der Waals surface area contributed by atoms with Crippen molar-refractivity contribution < 1.29 is 9.59 Å². The van der Waals surface area contributed by atoms with E-state index in [-0.39, 0.29) is 11.8 Å². The van der Waals surface area contributed by atoms with E-state index in [1.165, 1.54) is 35.3 Å². The number of anilines is 1. The lowest BCUT2D eigenvalue weighted by Crippen LogP contribution is -2.48. The summed E-state index contributed by atoms with van der Waals surface area (Å²) in [5.41, 5.74) is 6.36. The fourth-order valence-corrected chi connectivity index (χ4v) is 5.89. The quantitative estimate of drug-likeness (QED) is 0.403. The van der Waals surface area contributed by atoms with Gasteiger partial charge in [-0.05, 0) is 57.2 Å². The second-order valence-electron chi connectivity index (χ2n) is 10.1. The topological polar surface area (TPSA) is 69.6 Å². The molecule has 194 valence electrons. The van der Waals surface area contributed by atoms with Crippen molar-refractivity contribution in [3.05, 3.63) is 63.6 Å². The van der Waals surface area contributed by atoms with Crippen LogP contribution in [0.15, 0.2) is 47.6 Å². The lowest BCUT2D eigenvalue weighted by Gasteiger charge is -2.36. The number of rotatable bonds is 7. The molecule has 8 heteroatoms. The van der Waals surface area contributed by atoms with E-state index < -0.39 is 0 Å². The molecular weight excluding hydrogens is 482 g/mol. The Morgan fingerprint density at radius 3 is 2.65 bits per heavy atom. The monoisotopic (exact) mass is 517 g/mol. The average molecular weight is 518 g/mol. The largest absolute Gasteiger partial charge is 0.353 e. The van der Waals surface area contributed by atoms with Crippen LogP contribution in [-0.2, 0) is 11.3 Å². The number of carbonyl (C=O) groups is 2. The molecule has 2 aromatic heterocycles. The van der Waals surface area contributed by atoms with Crippen molar-refractivity contribution in [1.82, 2.24) is 19.8 Å². The van der Waals surface area contributed by atoms with E-state index in [0.717, 1.165) is 54.6 Å². The number of fused-ring (bicyclic) bond motifs is 1. The number of benzene rings is 1. The zero-order valence-electron chi connectivity index (χ0n) is 21.8. The number of hydrogen-bond donors (Lipinski definition) is 0. The van der Waals surface area contributed by atoms with Crippen molar-refractivity contribution in [3.8, 4) is 0 Å². The van der Waals surface area contributed by atoms with Gasteiger partial charge >= 0.3 is 0 Å². The molecule has 1 aliphatic carbocycles. The van der Waals surface area contributed by atoms with Crippen LogP contribution in [0.2, 0.25) is 0 Å². The summed E-state index contributed by atoms with van der Waals surface area (Å²) in [4.78, 5) is 41.5. The fourth-order valence-electron chi connectivity index (χ4n) is 5.30. The van der Waals surface area contributed by atoms with Gasteiger partial charge in [-0.1, -0.05) is 23.3 Å². The Morgan fingerprint density at radius 1 is 1.11 bits per heavy atom. The van der Waals surface area contributed by atoms with Gasteiger partial charge in [-0.3, -0.25) is 14.6 Å². The number of aryl methyl sites for hydroxylation is 1. The number of allylic oxidation sites excluding steroid dienone is 1. The summed E-state index contributed by atoms with van der Waals surface area (Å²) in [6, 6.07) is 8.52. The molecule has 0 atom stereocenters. The van der Waals surface area contributed by atoms with E-state index in [9.17, 15) is 9.59 Å². The van der Waals surface area contributed by atoms with Gasteiger partial charge in [-0.2, -0.15) is 0 Å². The molecule has 37 heavy (non-hydrogen) atoms. The molecule has 2 amide bonds. The van der Waals surface area contributed by atoms with Crippen LogP contribution in [0.3, 0.4) is 0 Å². The molecule has 1 aromatic carbocycles. The van der Waals surface area contributed by atoms with E-state index in [2.05, 4.69) is 47.1 Å². The highest BCUT2D eigenvalue weighted by Gasteiger charge is 2.25. The van der Waals surface area contributed by atoms with E-state index in [0.29, 0.717) is 31.1 Å².